The molecule has 0 spiro atoms. The van der Waals surface area contributed by atoms with Crippen LogP contribution in [0.3, 0.4) is 0 Å². The van der Waals surface area contributed by atoms with Gasteiger partial charge in [0.1, 0.15) is 0 Å². The highest BCUT2D eigenvalue weighted by molar-refractivity contribution is 6.30. The van der Waals surface area contributed by atoms with Crippen LogP contribution in [0.25, 0.3) is 0 Å². The number of benzene rings is 1. The Bertz CT molecular complexity index is 649. The zero-order chi connectivity index (χ0) is 17.4. The van der Waals surface area contributed by atoms with Crippen molar-refractivity contribution in [1.29, 1.82) is 0 Å². The lowest BCUT2D eigenvalue weighted by atomic mass is 9.99. The van der Waals surface area contributed by atoms with Crippen molar-refractivity contribution in [1.82, 2.24) is 10.3 Å². The summed E-state index contributed by atoms with van der Waals surface area (Å²) < 4.78 is 0. The molecule has 0 bridgehead atoms. The summed E-state index contributed by atoms with van der Waals surface area (Å²) in [5.41, 5.74) is 1.95. The van der Waals surface area contributed by atoms with Gasteiger partial charge in [0.2, 0.25) is 5.91 Å². The SMILES string of the molecule is CC(Cc1cccc(Cl)c1)C(=O)NCC(CO)Cc1ccccn1. The van der Waals surface area contributed by atoms with E-state index in [-0.39, 0.29) is 24.3 Å². The lowest BCUT2D eigenvalue weighted by Gasteiger charge is -2.17. The Morgan fingerprint density at radius 1 is 1.25 bits per heavy atom. The molecule has 2 N–H and O–H groups in total. The lowest BCUT2D eigenvalue weighted by Crippen LogP contribution is -2.36. The molecule has 1 aromatic carbocycles. The molecule has 0 saturated heterocycles. The van der Waals surface area contributed by atoms with Crippen molar-refractivity contribution in [3.63, 3.8) is 0 Å². The number of hydrogen-bond acceptors (Lipinski definition) is 3. The highest BCUT2D eigenvalue weighted by atomic mass is 35.5. The maximum atomic E-state index is 12.3. The van der Waals surface area contributed by atoms with Gasteiger partial charge in [-0.05, 0) is 42.7 Å². The molecule has 1 aromatic heterocycles. The second kappa shape index (κ2) is 9.40. The normalized spacial score (nSPS) is 13.3. The minimum absolute atomic E-state index is 0.0134. The standard InChI is InChI=1S/C19H23ClN2O2/c1-14(9-15-5-4-6-17(20)10-15)19(24)22-12-16(13-23)11-18-7-2-3-8-21-18/h2-8,10,14,16,23H,9,11-13H2,1H3,(H,22,24). The van der Waals surface area contributed by atoms with Gasteiger partial charge in [0.15, 0.2) is 0 Å². The van der Waals surface area contributed by atoms with Crippen LogP contribution in [0.15, 0.2) is 48.7 Å². The first kappa shape index (κ1) is 18.4. The predicted octanol–water partition coefficient (Wildman–Crippen LogP) is 2.88. The molecule has 0 aliphatic heterocycles. The number of amides is 1. The van der Waals surface area contributed by atoms with Gasteiger partial charge in [0.25, 0.3) is 0 Å². The Labute approximate surface area is 147 Å². The number of hydrogen-bond donors (Lipinski definition) is 2. The van der Waals surface area contributed by atoms with Gasteiger partial charge in [-0.2, -0.15) is 0 Å². The first-order valence-corrected chi connectivity index (χ1v) is 8.49. The summed E-state index contributed by atoms with van der Waals surface area (Å²) in [6, 6.07) is 13.2. The quantitative estimate of drug-likeness (QED) is 0.772. The molecular formula is C19H23ClN2O2. The minimum atomic E-state index is -0.155. The number of aliphatic hydroxyl groups excluding tert-OH is 1. The highest BCUT2D eigenvalue weighted by Crippen LogP contribution is 2.15. The first-order chi connectivity index (χ1) is 11.6. The van der Waals surface area contributed by atoms with Gasteiger partial charge in [-0.3, -0.25) is 9.78 Å². The highest BCUT2D eigenvalue weighted by Gasteiger charge is 2.16. The zero-order valence-corrected chi connectivity index (χ0v) is 14.5. The summed E-state index contributed by atoms with van der Waals surface area (Å²) in [4.78, 5) is 16.5. The molecule has 2 atom stereocenters. The Morgan fingerprint density at radius 2 is 2.08 bits per heavy atom. The molecular weight excluding hydrogens is 324 g/mol. The molecule has 2 aromatic rings. The number of halogens is 1. The van der Waals surface area contributed by atoms with Gasteiger partial charge in [0, 0.05) is 41.9 Å². The van der Waals surface area contributed by atoms with E-state index in [1.807, 2.05) is 49.4 Å². The van der Waals surface area contributed by atoms with Crippen LogP contribution in [0.1, 0.15) is 18.2 Å². The van der Waals surface area contributed by atoms with Crippen molar-refractivity contribution in [3.8, 4) is 0 Å². The summed E-state index contributed by atoms with van der Waals surface area (Å²) in [5.74, 6) is -0.214. The molecule has 0 fully saturated rings. The topological polar surface area (TPSA) is 62.2 Å². The molecule has 24 heavy (non-hydrogen) atoms. The van der Waals surface area contributed by atoms with Gasteiger partial charge < -0.3 is 10.4 Å². The van der Waals surface area contributed by atoms with E-state index in [4.69, 9.17) is 11.6 Å². The summed E-state index contributed by atoms with van der Waals surface area (Å²) in [5, 5.41) is 13.1. The lowest BCUT2D eigenvalue weighted by molar-refractivity contribution is -0.124. The summed E-state index contributed by atoms with van der Waals surface area (Å²) in [6.07, 6.45) is 3.01. The molecule has 128 valence electrons. The third-order valence-electron chi connectivity index (χ3n) is 3.93. The maximum absolute atomic E-state index is 12.3. The van der Waals surface area contributed by atoms with Crippen LogP contribution in [0.5, 0.6) is 0 Å². The van der Waals surface area contributed by atoms with E-state index < -0.39 is 0 Å². The average Bonchev–Trinajstić information content (AvgIpc) is 2.59. The van der Waals surface area contributed by atoms with Crippen LogP contribution in [0.4, 0.5) is 0 Å². The Morgan fingerprint density at radius 3 is 2.75 bits per heavy atom. The van der Waals surface area contributed by atoms with E-state index in [1.165, 1.54) is 0 Å². The van der Waals surface area contributed by atoms with Crippen molar-refractivity contribution in [2.75, 3.05) is 13.2 Å². The van der Waals surface area contributed by atoms with Crippen molar-refractivity contribution >= 4 is 17.5 Å². The third-order valence-corrected chi connectivity index (χ3v) is 4.16. The van der Waals surface area contributed by atoms with Crippen LogP contribution >= 0.6 is 11.6 Å². The summed E-state index contributed by atoms with van der Waals surface area (Å²) in [7, 11) is 0. The Balaban J connectivity index is 1.82. The number of carbonyl (C=O) groups is 1. The van der Waals surface area contributed by atoms with Gasteiger partial charge in [-0.15, -0.1) is 0 Å². The van der Waals surface area contributed by atoms with Gasteiger partial charge >= 0.3 is 0 Å². The minimum Gasteiger partial charge on any atom is -0.396 e. The molecule has 0 aliphatic rings. The molecule has 0 aliphatic carbocycles. The van der Waals surface area contributed by atoms with Gasteiger partial charge in [-0.25, -0.2) is 0 Å². The predicted molar refractivity (Wildman–Crippen MR) is 95.8 cm³/mol. The smallest absolute Gasteiger partial charge is 0.223 e. The number of aromatic nitrogens is 1. The van der Waals surface area contributed by atoms with E-state index in [9.17, 15) is 9.90 Å². The number of rotatable bonds is 8. The molecule has 1 heterocycles. The molecule has 2 rings (SSSR count). The monoisotopic (exact) mass is 346 g/mol. The van der Waals surface area contributed by atoms with Crippen LogP contribution in [-0.4, -0.2) is 29.1 Å². The molecule has 5 heteroatoms. The van der Waals surface area contributed by atoms with Gasteiger partial charge in [-0.1, -0.05) is 36.7 Å². The first-order valence-electron chi connectivity index (χ1n) is 8.11. The average molecular weight is 347 g/mol. The molecule has 1 amide bonds. The third kappa shape index (κ3) is 5.95. The number of carbonyl (C=O) groups excluding carboxylic acids is 1. The fraction of sp³-hybridized carbons (Fsp3) is 0.368. The molecule has 0 saturated carbocycles. The van der Waals surface area contributed by atoms with Crippen molar-refractivity contribution in [3.05, 3.63) is 64.9 Å². The van der Waals surface area contributed by atoms with E-state index in [0.29, 0.717) is 24.4 Å². The number of aliphatic hydroxyl groups is 1. The molecule has 2 unspecified atom stereocenters. The maximum Gasteiger partial charge on any atom is 0.223 e. The Hall–Kier alpha value is -1.91. The number of nitrogens with one attached hydrogen (secondary N) is 1. The second-order valence-corrected chi connectivity index (χ2v) is 6.49. The van der Waals surface area contributed by atoms with Crippen molar-refractivity contribution in [2.45, 2.75) is 19.8 Å². The fourth-order valence-electron chi connectivity index (χ4n) is 2.55. The molecule has 4 nitrogen and oxygen atoms in total. The largest absolute Gasteiger partial charge is 0.396 e. The summed E-state index contributed by atoms with van der Waals surface area (Å²) >= 11 is 5.97. The number of nitrogens with zero attached hydrogens (tertiary/aromatic N) is 1. The van der Waals surface area contributed by atoms with E-state index in [0.717, 1.165) is 11.3 Å². The van der Waals surface area contributed by atoms with Crippen molar-refractivity contribution in [2.24, 2.45) is 11.8 Å². The van der Waals surface area contributed by atoms with Crippen molar-refractivity contribution < 1.29 is 9.90 Å². The van der Waals surface area contributed by atoms with Crippen LogP contribution < -0.4 is 5.32 Å². The van der Waals surface area contributed by atoms with Crippen LogP contribution in [0, 0.1) is 11.8 Å². The van der Waals surface area contributed by atoms with E-state index >= 15 is 0 Å². The molecule has 0 radical (unpaired) electrons. The van der Waals surface area contributed by atoms with Gasteiger partial charge in [0.05, 0.1) is 0 Å². The van der Waals surface area contributed by atoms with Crippen LogP contribution in [-0.2, 0) is 17.6 Å². The zero-order valence-electron chi connectivity index (χ0n) is 13.8. The van der Waals surface area contributed by atoms with E-state index in [1.54, 1.807) is 6.20 Å². The van der Waals surface area contributed by atoms with Crippen LogP contribution in [0.2, 0.25) is 5.02 Å². The number of pyridine rings is 1. The Kier molecular flexibility index (Phi) is 7.22. The summed E-state index contributed by atoms with van der Waals surface area (Å²) in [6.45, 7) is 2.34. The fourth-order valence-corrected chi connectivity index (χ4v) is 2.76. The van der Waals surface area contributed by atoms with E-state index in [2.05, 4.69) is 10.3 Å². The second-order valence-electron chi connectivity index (χ2n) is 6.05.